The number of carbonyl (C=O) groups is 2. The van der Waals surface area contributed by atoms with Gasteiger partial charge in [0.25, 0.3) is 18.2 Å². The Labute approximate surface area is 184 Å². The quantitative estimate of drug-likeness (QED) is 0.474. The van der Waals surface area contributed by atoms with E-state index in [1.165, 1.54) is 16.9 Å². The Morgan fingerprint density at radius 2 is 1.94 bits per heavy atom. The van der Waals surface area contributed by atoms with E-state index < -0.39 is 23.9 Å². The molecule has 3 N–H and O–H groups in total. The first-order chi connectivity index (χ1) is 15.1. The molecule has 2 amide bonds. The summed E-state index contributed by atoms with van der Waals surface area (Å²) in [6.45, 7) is 3.46. The number of amides is 2. The molecule has 4 aromatic rings. The minimum absolute atomic E-state index is 0.0107. The zero-order valence-corrected chi connectivity index (χ0v) is 18.4. The molecule has 32 heavy (non-hydrogen) atoms. The van der Waals surface area contributed by atoms with Crippen molar-refractivity contribution < 1.29 is 18.4 Å². The van der Waals surface area contributed by atoms with Crippen molar-refractivity contribution in [1.29, 1.82) is 0 Å². The van der Waals surface area contributed by atoms with Crippen LogP contribution in [-0.4, -0.2) is 36.4 Å². The van der Waals surface area contributed by atoms with Gasteiger partial charge in [-0.15, -0.1) is 11.3 Å². The number of hydrogen-bond donors (Lipinski definition) is 2. The maximum atomic E-state index is 13.6. The first kappa shape index (κ1) is 21.6. The lowest BCUT2D eigenvalue weighted by Gasteiger charge is -2.10. The van der Waals surface area contributed by atoms with E-state index in [1.54, 1.807) is 38.8 Å². The van der Waals surface area contributed by atoms with Crippen molar-refractivity contribution in [2.45, 2.75) is 20.3 Å². The molecular formula is C20H19F2N7O2S. The van der Waals surface area contributed by atoms with Gasteiger partial charge in [0, 0.05) is 36.9 Å². The van der Waals surface area contributed by atoms with Gasteiger partial charge >= 0.3 is 0 Å². The number of rotatable bonds is 5. The summed E-state index contributed by atoms with van der Waals surface area (Å²) in [5.41, 5.74) is 7.69. The van der Waals surface area contributed by atoms with Crippen molar-refractivity contribution >= 4 is 39.1 Å². The van der Waals surface area contributed by atoms with Crippen molar-refractivity contribution in [3.8, 4) is 11.1 Å². The molecule has 0 radical (unpaired) electrons. The van der Waals surface area contributed by atoms with Crippen LogP contribution in [0.3, 0.4) is 0 Å². The molecular weight excluding hydrogens is 440 g/mol. The van der Waals surface area contributed by atoms with Crippen molar-refractivity contribution in [3.63, 3.8) is 0 Å². The minimum Gasteiger partial charge on any atom is -0.365 e. The van der Waals surface area contributed by atoms with E-state index in [0.29, 0.717) is 33.5 Å². The SMILES string of the molecule is Cc1nn(C)cc1-c1cc(C(F)F)nc2sc(C(N)=O)c(NC(=O)c3cnn(C)c3C)c12. The van der Waals surface area contributed by atoms with E-state index >= 15 is 0 Å². The van der Waals surface area contributed by atoms with Gasteiger partial charge in [0.2, 0.25) is 0 Å². The molecule has 0 spiro atoms. The summed E-state index contributed by atoms with van der Waals surface area (Å²) < 4.78 is 30.3. The zero-order valence-electron chi connectivity index (χ0n) is 17.6. The van der Waals surface area contributed by atoms with E-state index in [2.05, 4.69) is 20.5 Å². The standard InChI is InChI=1S/C20H19F2N7O2S/c1-8-12(7-28(3)27-8)10-5-13(17(21)22)25-20-14(10)15(16(32-20)18(23)30)26-19(31)11-6-24-29(4)9(11)2/h5-7,17H,1-4H3,(H2,23,30)(H,26,31). The van der Waals surface area contributed by atoms with E-state index in [1.807, 2.05) is 0 Å². The predicted octanol–water partition coefficient (Wildman–Crippen LogP) is 3.34. The fraction of sp³-hybridized carbons (Fsp3) is 0.250. The second-order valence-corrected chi connectivity index (χ2v) is 8.27. The number of thiophene rings is 1. The predicted molar refractivity (Wildman–Crippen MR) is 116 cm³/mol. The maximum Gasteiger partial charge on any atom is 0.280 e. The van der Waals surface area contributed by atoms with Gasteiger partial charge < -0.3 is 11.1 Å². The average molecular weight is 459 g/mol. The van der Waals surface area contributed by atoms with E-state index in [-0.39, 0.29) is 15.4 Å². The normalized spacial score (nSPS) is 11.5. The lowest BCUT2D eigenvalue weighted by molar-refractivity contribution is 0.100. The number of anilines is 1. The van der Waals surface area contributed by atoms with Crippen molar-refractivity contribution in [1.82, 2.24) is 24.5 Å². The Hall–Kier alpha value is -3.67. The van der Waals surface area contributed by atoms with Crippen LogP contribution in [0.1, 0.15) is 43.5 Å². The summed E-state index contributed by atoms with van der Waals surface area (Å²) in [4.78, 5) is 29.4. The molecule has 0 aliphatic heterocycles. The third-order valence-corrected chi connectivity index (χ3v) is 6.25. The molecule has 0 aliphatic carbocycles. The molecule has 0 fully saturated rings. The van der Waals surface area contributed by atoms with Gasteiger partial charge in [-0.3, -0.25) is 19.0 Å². The van der Waals surface area contributed by atoms with Crippen molar-refractivity contribution in [2.75, 3.05) is 5.32 Å². The van der Waals surface area contributed by atoms with Crippen molar-refractivity contribution in [3.05, 3.63) is 46.0 Å². The molecule has 0 aromatic carbocycles. The Morgan fingerprint density at radius 1 is 1.22 bits per heavy atom. The number of nitrogens with zero attached hydrogens (tertiary/aromatic N) is 5. The number of aromatic nitrogens is 5. The zero-order chi connectivity index (χ0) is 23.3. The number of alkyl halides is 2. The third-order valence-electron chi connectivity index (χ3n) is 5.15. The van der Waals surface area contributed by atoms with Gasteiger partial charge in [0.15, 0.2) is 0 Å². The number of nitrogens with two attached hydrogens (primary N) is 1. The Kier molecular flexibility index (Phi) is 5.25. The fourth-order valence-electron chi connectivity index (χ4n) is 3.50. The van der Waals surface area contributed by atoms with Crippen LogP contribution in [0.25, 0.3) is 21.3 Å². The molecule has 0 aliphatic rings. The van der Waals surface area contributed by atoms with Crippen LogP contribution >= 0.6 is 11.3 Å². The summed E-state index contributed by atoms with van der Waals surface area (Å²) >= 11 is 0.850. The van der Waals surface area contributed by atoms with Crippen LogP contribution in [0.5, 0.6) is 0 Å². The monoisotopic (exact) mass is 459 g/mol. The highest BCUT2D eigenvalue weighted by Crippen LogP contribution is 2.43. The van der Waals surface area contributed by atoms with E-state index in [0.717, 1.165) is 11.3 Å². The first-order valence-corrected chi connectivity index (χ1v) is 10.3. The van der Waals surface area contributed by atoms with Crippen LogP contribution in [0.15, 0.2) is 18.5 Å². The molecule has 4 rings (SSSR count). The summed E-state index contributed by atoms with van der Waals surface area (Å²) in [5.74, 6) is -1.32. The fourth-order valence-corrected chi connectivity index (χ4v) is 4.52. The number of carbonyl (C=O) groups excluding carboxylic acids is 2. The van der Waals surface area contributed by atoms with Gasteiger partial charge in [-0.2, -0.15) is 10.2 Å². The number of aryl methyl sites for hydroxylation is 3. The highest BCUT2D eigenvalue weighted by atomic mass is 32.1. The second kappa shape index (κ2) is 7.79. The van der Waals surface area contributed by atoms with Gasteiger partial charge in [-0.25, -0.2) is 13.8 Å². The molecule has 0 atom stereocenters. The minimum atomic E-state index is -2.83. The molecule has 0 saturated carbocycles. The van der Waals surface area contributed by atoms with Gasteiger partial charge in [0.1, 0.15) is 15.4 Å². The van der Waals surface area contributed by atoms with E-state index in [9.17, 15) is 18.4 Å². The highest BCUT2D eigenvalue weighted by Gasteiger charge is 2.27. The van der Waals surface area contributed by atoms with Crippen LogP contribution < -0.4 is 11.1 Å². The lowest BCUT2D eigenvalue weighted by Crippen LogP contribution is -2.17. The summed E-state index contributed by atoms with van der Waals surface area (Å²) in [6.07, 6.45) is 0.255. The summed E-state index contributed by atoms with van der Waals surface area (Å²) in [6, 6.07) is 1.25. The Morgan fingerprint density at radius 3 is 2.47 bits per heavy atom. The molecule has 0 saturated heterocycles. The molecule has 12 heteroatoms. The van der Waals surface area contributed by atoms with Gasteiger partial charge in [0.05, 0.1) is 23.1 Å². The molecule has 4 aromatic heterocycles. The van der Waals surface area contributed by atoms with Crippen LogP contribution in [0, 0.1) is 13.8 Å². The largest absolute Gasteiger partial charge is 0.365 e. The highest BCUT2D eigenvalue weighted by molar-refractivity contribution is 7.21. The molecule has 4 heterocycles. The van der Waals surface area contributed by atoms with Crippen LogP contribution in [-0.2, 0) is 14.1 Å². The first-order valence-electron chi connectivity index (χ1n) is 9.44. The average Bonchev–Trinajstić information content (AvgIpc) is 3.36. The van der Waals surface area contributed by atoms with Crippen LogP contribution in [0.2, 0.25) is 0 Å². The second-order valence-electron chi connectivity index (χ2n) is 7.27. The summed E-state index contributed by atoms with van der Waals surface area (Å²) in [5, 5.41) is 11.4. The van der Waals surface area contributed by atoms with E-state index in [4.69, 9.17) is 5.73 Å². The van der Waals surface area contributed by atoms with Gasteiger partial charge in [-0.05, 0) is 25.5 Å². The number of nitrogens with one attached hydrogen (secondary N) is 1. The third kappa shape index (κ3) is 3.51. The summed E-state index contributed by atoms with van der Waals surface area (Å²) in [7, 11) is 3.40. The number of pyridine rings is 1. The lowest BCUT2D eigenvalue weighted by atomic mass is 10.0. The number of fused-ring (bicyclic) bond motifs is 1. The number of hydrogen-bond acceptors (Lipinski definition) is 6. The number of primary amides is 1. The molecule has 0 unspecified atom stereocenters. The van der Waals surface area contributed by atoms with Gasteiger partial charge in [-0.1, -0.05) is 0 Å². The van der Waals surface area contributed by atoms with Crippen LogP contribution in [0.4, 0.5) is 14.5 Å². The van der Waals surface area contributed by atoms with Crippen molar-refractivity contribution in [2.24, 2.45) is 19.8 Å². The number of halogens is 2. The molecule has 9 nitrogen and oxygen atoms in total. The topological polar surface area (TPSA) is 121 Å². The Bertz CT molecular complexity index is 1390. The Balaban J connectivity index is 2.00. The molecule has 166 valence electrons. The maximum absolute atomic E-state index is 13.6. The molecule has 0 bridgehead atoms. The smallest absolute Gasteiger partial charge is 0.280 e.